The van der Waals surface area contributed by atoms with Crippen molar-refractivity contribution in [1.29, 1.82) is 0 Å². The van der Waals surface area contributed by atoms with Crippen molar-refractivity contribution in [2.24, 2.45) is 0 Å². The van der Waals surface area contributed by atoms with Crippen molar-refractivity contribution in [3.63, 3.8) is 0 Å². The number of ether oxygens (including phenoxy) is 1. The lowest BCUT2D eigenvalue weighted by Gasteiger charge is -2.27. The fourth-order valence-electron chi connectivity index (χ4n) is 2.36. The summed E-state index contributed by atoms with van der Waals surface area (Å²) in [6.45, 7) is 7.55. The first kappa shape index (κ1) is 14.9. The maximum absolute atomic E-state index is 11.8. The first-order valence-electron chi connectivity index (χ1n) is 7.27. The zero-order chi connectivity index (χ0) is 13.3. The molecule has 19 heavy (non-hydrogen) atoms. The number of rotatable bonds is 5. The lowest BCUT2D eigenvalue weighted by atomic mass is 10.2. The van der Waals surface area contributed by atoms with Gasteiger partial charge in [0, 0.05) is 44.2 Å². The lowest BCUT2D eigenvalue weighted by Crippen LogP contribution is -2.44. The summed E-state index contributed by atoms with van der Waals surface area (Å²) in [5.74, 6) is 2.15. The fourth-order valence-corrected chi connectivity index (χ4v) is 3.26. The van der Waals surface area contributed by atoms with Crippen LogP contribution in [0.4, 0.5) is 4.79 Å². The number of thioether (sulfide) groups is 1. The van der Waals surface area contributed by atoms with Crippen LogP contribution in [0.25, 0.3) is 0 Å². The SMILES string of the molecule is O=C(NCCCCN1CCOCC1)N1CCSCC1. The van der Waals surface area contributed by atoms with E-state index in [1.54, 1.807) is 0 Å². The largest absolute Gasteiger partial charge is 0.379 e. The second-order valence-corrected chi connectivity index (χ2v) is 6.22. The van der Waals surface area contributed by atoms with Gasteiger partial charge in [0.15, 0.2) is 0 Å². The number of hydrogen-bond donors (Lipinski definition) is 1. The number of nitrogens with zero attached hydrogens (tertiary/aromatic N) is 2. The van der Waals surface area contributed by atoms with Gasteiger partial charge in [0.05, 0.1) is 13.2 Å². The molecule has 6 heteroatoms. The number of nitrogens with one attached hydrogen (secondary N) is 1. The van der Waals surface area contributed by atoms with E-state index in [0.29, 0.717) is 0 Å². The summed E-state index contributed by atoms with van der Waals surface area (Å²) in [5.41, 5.74) is 0. The molecule has 110 valence electrons. The Morgan fingerprint density at radius 1 is 1.11 bits per heavy atom. The van der Waals surface area contributed by atoms with Gasteiger partial charge in [-0.2, -0.15) is 11.8 Å². The monoisotopic (exact) mass is 287 g/mol. The summed E-state index contributed by atoms with van der Waals surface area (Å²) in [6, 6.07) is 0.117. The third kappa shape index (κ3) is 5.58. The summed E-state index contributed by atoms with van der Waals surface area (Å²) in [4.78, 5) is 16.2. The minimum absolute atomic E-state index is 0.117. The van der Waals surface area contributed by atoms with Crippen molar-refractivity contribution < 1.29 is 9.53 Å². The lowest BCUT2D eigenvalue weighted by molar-refractivity contribution is 0.0372. The summed E-state index contributed by atoms with van der Waals surface area (Å²) < 4.78 is 5.32. The Labute approximate surface area is 120 Å². The molecule has 0 aromatic carbocycles. The smallest absolute Gasteiger partial charge is 0.317 e. The van der Waals surface area contributed by atoms with Crippen molar-refractivity contribution in [3.05, 3.63) is 0 Å². The molecule has 2 aliphatic rings. The van der Waals surface area contributed by atoms with Gasteiger partial charge in [0.1, 0.15) is 0 Å². The molecule has 0 spiro atoms. The molecule has 2 rings (SSSR count). The third-order valence-corrected chi connectivity index (χ3v) is 4.52. The minimum Gasteiger partial charge on any atom is -0.379 e. The topological polar surface area (TPSA) is 44.8 Å². The number of urea groups is 1. The van der Waals surface area contributed by atoms with Crippen LogP contribution >= 0.6 is 11.8 Å². The molecule has 0 aliphatic carbocycles. The van der Waals surface area contributed by atoms with E-state index in [1.165, 1.54) is 0 Å². The number of hydrogen-bond acceptors (Lipinski definition) is 4. The molecule has 5 nitrogen and oxygen atoms in total. The molecule has 2 fully saturated rings. The van der Waals surface area contributed by atoms with E-state index in [9.17, 15) is 4.79 Å². The van der Waals surface area contributed by atoms with Gasteiger partial charge in [0.25, 0.3) is 0 Å². The van der Waals surface area contributed by atoms with Gasteiger partial charge in [-0.1, -0.05) is 0 Å². The fraction of sp³-hybridized carbons (Fsp3) is 0.923. The average molecular weight is 287 g/mol. The second-order valence-electron chi connectivity index (χ2n) is 4.99. The van der Waals surface area contributed by atoms with Crippen LogP contribution in [0.1, 0.15) is 12.8 Å². The van der Waals surface area contributed by atoms with Crippen molar-refractivity contribution in [3.8, 4) is 0 Å². The third-order valence-electron chi connectivity index (χ3n) is 3.58. The average Bonchev–Trinajstić information content (AvgIpc) is 2.49. The molecule has 2 aliphatic heterocycles. The molecule has 0 unspecified atom stereocenters. The van der Waals surface area contributed by atoms with Gasteiger partial charge in [0.2, 0.25) is 0 Å². The highest BCUT2D eigenvalue weighted by Gasteiger charge is 2.15. The Hall–Kier alpha value is -0.460. The number of carbonyl (C=O) groups is 1. The summed E-state index contributed by atoms with van der Waals surface area (Å²) >= 11 is 1.93. The Morgan fingerprint density at radius 3 is 2.58 bits per heavy atom. The molecule has 1 N–H and O–H groups in total. The predicted molar refractivity (Wildman–Crippen MR) is 78.8 cm³/mol. The van der Waals surface area contributed by atoms with Crippen LogP contribution in [-0.4, -0.2) is 79.8 Å². The second kappa shape index (κ2) is 8.66. The normalized spacial score (nSPS) is 21.4. The van der Waals surface area contributed by atoms with Crippen LogP contribution in [0.3, 0.4) is 0 Å². The highest BCUT2D eigenvalue weighted by atomic mass is 32.2. The summed E-state index contributed by atoms with van der Waals surface area (Å²) in [6.07, 6.45) is 2.21. The first-order chi connectivity index (χ1) is 9.36. The molecule has 0 atom stereocenters. The summed E-state index contributed by atoms with van der Waals surface area (Å²) in [7, 11) is 0. The van der Waals surface area contributed by atoms with Gasteiger partial charge < -0.3 is 15.0 Å². The highest BCUT2D eigenvalue weighted by molar-refractivity contribution is 7.99. The zero-order valence-electron chi connectivity index (χ0n) is 11.6. The highest BCUT2D eigenvalue weighted by Crippen LogP contribution is 2.08. The van der Waals surface area contributed by atoms with Gasteiger partial charge in [-0.25, -0.2) is 4.79 Å². The Kier molecular flexibility index (Phi) is 6.81. The maximum Gasteiger partial charge on any atom is 0.317 e. The molecule has 0 aromatic heterocycles. The van der Waals surface area contributed by atoms with Gasteiger partial charge >= 0.3 is 6.03 Å². The maximum atomic E-state index is 11.8. The van der Waals surface area contributed by atoms with Crippen LogP contribution in [0, 0.1) is 0 Å². The van der Waals surface area contributed by atoms with Gasteiger partial charge in [-0.3, -0.25) is 4.90 Å². The van der Waals surface area contributed by atoms with Crippen LogP contribution in [0.2, 0.25) is 0 Å². The molecular weight excluding hydrogens is 262 g/mol. The molecule has 0 saturated carbocycles. The Balaban J connectivity index is 1.47. The van der Waals surface area contributed by atoms with Crippen LogP contribution in [0.5, 0.6) is 0 Å². The van der Waals surface area contributed by atoms with Gasteiger partial charge in [-0.15, -0.1) is 0 Å². The van der Waals surface area contributed by atoms with Crippen molar-refractivity contribution in [2.75, 3.05) is 64.0 Å². The minimum atomic E-state index is 0.117. The number of carbonyl (C=O) groups excluding carboxylic acids is 1. The van der Waals surface area contributed by atoms with E-state index in [1.807, 2.05) is 16.7 Å². The van der Waals surface area contributed by atoms with Crippen molar-refractivity contribution in [2.45, 2.75) is 12.8 Å². The van der Waals surface area contributed by atoms with Crippen LogP contribution in [0.15, 0.2) is 0 Å². The summed E-state index contributed by atoms with van der Waals surface area (Å²) in [5, 5.41) is 3.02. The van der Waals surface area contributed by atoms with E-state index in [0.717, 1.165) is 76.8 Å². The predicted octanol–water partition coefficient (Wildman–Crippen LogP) is 0.857. The van der Waals surface area contributed by atoms with Crippen LogP contribution in [-0.2, 0) is 4.74 Å². The number of amides is 2. The van der Waals surface area contributed by atoms with Gasteiger partial charge in [-0.05, 0) is 19.4 Å². The van der Waals surface area contributed by atoms with E-state index in [4.69, 9.17) is 4.74 Å². The van der Waals surface area contributed by atoms with Crippen molar-refractivity contribution >= 4 is 17.8 Å². The molecule has 0 aromatic rings. The zero-order valence-corrected chi connectivity index (χ0v) is 12.4. The standard InChI is InChI=1S/C13H25N3O2S/c17-13(16-7-11-19-12-8-16)14-3-1-2-4-15-5-9-18-10-6-15/h1-12H2,(H,14,17). The Bertz CT molecular complexity index is 267. The van der Waals surface area contributed by atoms with Crippen molar-refractivity contribution in [1.82, 2.24) is 15.1 Å². The number of morpholine rings is 1. The molecule has 2 amide bonds. The molecule has 2 saturated heterocycles. The Morgan fingerprint density at radius 2 is 1.84 bits per heavy atom. The molecular formula is C13H25N3O2S. The van der Waals surface area contributed by atoms with Crippen LogP contribution < -0.4 is 5.32 Å². The van der Waals surface area contributed by atoms with E-state index < -0.39 is 0 Å². The van der Waals surface area contributed by atoms with E-state index in [-0.39, 0.29) is 6.03 Å². The quantitative estimate of drug-likeness (QED) is 0.762. The van der Waals surface area contributed by atoms with E-state index >= 15 is 0 Å². The molecule has 0 bridgehead atoms. The molecule has 0 radical (unpaired) electrons. The molecule has 2 heterocycles. The number of unbranched alkanes of at least 4 members (excludes halogenated alkanes) is 1. The van der Waals surface area contributed by atoms with E-state index in [2.05, 4.69) is 10.2 Å². The first-order valence-corrected chi connectivity index (χ1v) is 8.42.